The van der Waals surface area contributed by atoms with Crippen LogP contribution in [0.1, 0.15) is 64.9 Å². The van der Waals surface area contributed by atoms with E-state index in [0.717, 1.165) is 30.5 Å². The van der Waals surface area contributed by atoms with Crippen molar-refractivity contribution in [2.24, 2.45) is 16.3 Å². The Morgan fingerprint density at radius 2 is 2.00 bits per heavy atom. The maximum atomic E-state index is 13.4. The highest BCUT2D eigenvalue weighted by atomic mass is 16.6. The standard InChI is InChI=1S/C26H33NO5/c1-5-30-21-11-7-6-10-18(21)23-22(25(29)32-15-17-9-8-12-31-17)16(2)27-19-13-26(3,4)14-20(28)24(19)23/h6-7,10-11,17,23-24H,5,8-9,12-15H2,1-4H3/t17-,23+,24?/m0/s1. The number of esters is 1. The first kappa shape index (κ1) is 22.7. The van der Waals surface area contributed by atoms with E-state index in [9.17, 15) is 9.59 Å². The van der Waals surface area contributed by atoms with Crippen molar-refractivity contribution in [1.29, 1.82) is 0 Å². The third kappa shape index (κ3) is 4.51. The number of aliphatic imine (C=N–C) groups is 1. The van der Waals surface area contributed by atoms with E-state index in [-0.39, 0.29) is 23.9 Å². The van der Waals surface area contributed by atoms with Crippen molar-refractivity contribution in [2.45, 2.75) is 65.4 Å². The van der Waals surface area contributed by atoms with E-state index in [4.69, 9.17) is 19.2 Å². The average molecular weight is 440 g/mol. The molecule has 0 spiro atoms. The topological polar surface area (TPSA) is 74.2 Å². The summed E-state index contributed by atoms with van der Waals surface area (Å²) in [6.07, 6.45) is 3.00. The quantitative estimate of drug-likeness (QED) is 0.605. The Bertz CT molecular complexity index is 955. The monoisotopic (exact) mass is 439 g/mol. The van der Waals surface area contributed by atoms with Gasteiger partial charge in [-0.3, -0.25) is 9.79 Å². The molecule has 0 aromatic heterocycles. The summed E-state index contributed by atoms with van der Waals surface area (Å²) < 4.78 is 17.2. The number of hydrogen-bond acceptors (Lipinski definition) is 6. The van der Waals surface area contributed by atoms with Crippen molar-refractivity contribution < 1.29 is 23.8 Å². The number of para-hydroxylation sites is 1. The van der Waals surface area contributed by atoms with Gasteiger partial charge in [0.25, 0.3) is 0 Å². The molecule has 0 N–H and O–H groups in total. The van der Waals surface area contributed by atoms with Crippen LogP contribution in [0.5, 0.6) is 5.75 Å². The molecule has 3 atom stereocenters. The Labute approximate surface area is 190 Å². The summed E-state index contributed by atoms with van der Waals surface area (Å²) in [6.45, 7) is 9.38. The van der Waals surface area contributed by atoms with Gasteiger partial charge in [0.15, 0.2) is 0 Å². The van der Waals surface area contributed by atoms with Crippen molar-refractivity contribution in [1.82, 2.24) is 0 Å². The van der Waals surface area contributed by atoms with E-state index in [2.05, 4.69) is 13.8 Å². The van der Waals surface area contributed by atoms with Crippen molar-refractivity contribution in [3.63, 3.8) is 0 Å². The molecule has 3 aliphatic rings. The molecule has 32 heavy (non-hydrogen) atoms. The molecule has 1 aromatic rings. The number of benzene rings is 1. The van der Waals surface area contributed by atoms with Gasteiger partial charge in [-0.2, -0.15) is 0 Å². The Balaban J connectivity index is 1.76. The van der Waals surface area contributed by atoms with Gasteiger partial charge in [0.2, 0.25) is 0 Å². The van der Waals surface area contributed by atoms with Gasteiger partial charge in [0, 0.05) is 35.9 Å². The van der Waals surface area contributed by atoms with E-state index >= 15 is 0 Å². The second kappa shape index (κ2) is 9.18. The first-order valence-corrected chi connectivity index (χ1v) is 11.6. The number of nitrogens with zero attached hydrogens (tertiary/aromatic N) is 1. The summed E-state index contributed by atoms with van der Waals surface area (Å²) in [5, 5.41) is 0. The third-order valence-electron chi connectivity index (χ3n) is 6.56. The predicted octanol–water partition coefficient (Wildman–Crippen LogP) is 4.63. The highest BCUT2D eigenvalue weighted by Crippen LogP contribution is 2.48. The van der Waals surface area contributed by atoms with Gasteiger partial charge in [-0.05, 0) is 44.6 Å². The zero-order valence-electron chi connectivity index (χ0n) is 19.5. The van der Waals surface area contributed by atoms with Crippen LogP contribution in [-0.4, -0.2) is 43.4 Å². The summed E-state index contributed by atoms with van der Waals surface area (Å²) in [5.74, 6) is -0.552. The molecule has 2 heterocycles. The summed E-state index contributed by atoms with van der Waals surface area (Å²) in [7, 11) is 0. The molecule has 6 nitrogen and oxygen atoms in total. The van der Waals surface area contributed by atoms with Crippen LogP contribution in [0.15, 0.2) is 40.5 Å². The molecule has 6 heteroatoms. The fraction of sp³-hybridized carbons (Fsp3) is 0.577. The van der Waals surface area contributed by atoms with Crippen LogP contribution < -0.4 is 4.74 Å². The van der Waals surface area contributed by atoms with Gasteiger partial charge in [-0.25, -0.2) is 4.79 Å². The Hall–Kier alpha value is -2.47. The maximum absolute atomic E-state index is 13.4. The van der Waals surface area contributed by atoms with Gasteiger partial charge >= 0.3 is 5.97 Å². The first-order chi connectivity index (χ1) is 15.3. The Morgan fingerprint density at radius 3 is 2.72 bits per heavy atom. The highest BCUT2D eigenvalue weighted by Gasteiger charge is 2.48. The second-order valence-electron chi connectivity index (χ2n) is 9.75. The molecule has 1 aliphatic carbocycles. The van der Waals surface area contributed by atoms with Gasteiger partial charge in [0.05, 0.1) is 24.2 Å². The number of carbonyl (C=O) groups is 2. The lowest BCUT2D eigenvalue weighted by Crippen LogP contribution is -2.44. The van der Waals surface area contributed by atoms with E-state index in [1.165, 1.54) is 0 Å². The van der Waals surface area contributed by atoms with Crippen molar-refractivity contribution in [3.8, 4) is 5.75 Å². The summed E-state index contributed by atoms with van der Waals surface area (Å²) in [5.41, 5.74) is 2.63. The zero-order chi connectivity index (χ0) is 22.9. The minimum atomic E-state index is -0.474. The molecule has 0 amide bonds. The van der Waals surface area contributed by atoms with Gasteiger partial charge in [0.1, 0.15) is 18.1 Å². The molecule has 0 bridgehead atoms. The smallest absolute Gasteiger partial charge is 0.336 e. The van der Waals surface area contributed by atoms with E-state index in [1.54, 1.807) is 0 Å². The molecular formula is C26H33NO5. The zero-order valence-corrected chi connectivity index (χ0v) is 19.5. The van der Waals surface area contributed by atoms with Crippen LogP contribution >= 0.6 is 0 Å². The molecule has 1 unspecified atom stereocenters. The fourth-order valence-corrected chi connectivity index (χ4v) is 5.24. The molecule has 1 saturated carbocycles. The van der Waals surface area contributed by atoms with Crippen LogP contribution in [0.4, 0.5) is 0 Å². The third-order valence-corrected chi connectivity index (χ3v) is 6.56. The number of carbonyl (C=O) groups excluding carboxylic acids is 2. The fourth-order valence-electron chi connectivity index (χ4n) is 5.24. The van der Waals surface area contributed by atoms with Gasteiger partial charge in [-0.1, -0.05) is 32.0 Å². The lowest BCUT2D eigenvalue weighted by atomic mass is 9.63. The number of ether oxygens (including phenoxy) is 3. The minimum Gasteiger partial charge on any atom is -0.494 e. The summed E-state index contributed by atoms with van der Waals surface area (Å²) in [4.78, 5) is 31.6. The molecule has 0 radical (unpaired) electrons. The molecule has 2 fully saturated rings. The largest absolute Gasteiger partial charge is 0.494 e. The SMILES string of the molecule is CCOc1ccccc1[C@@H]1C(C(=O)OC[C@@H]2CCCO2)=C(C)N=C2CC(C)(C)CC(=O)C21. The Morgan fingerprint density at radius 1 is 1.22 bits per heavy atom. The van der Waals surface area contributed by atoms with Crippen LogP contribution in [0.3, 0.4) is 0 Å². The van der Waals surface area contributed by atoms with E-state index in [0.29, 0.717) is 36.7 Å². The summed E-state index contributed by atoms with van der Waals surface area (Å²) >= 11 is 0. The van der Waals surface area contributed by atoms with Crippen molar-refractivity contribution in [2.75, 3.05) is 19.8 Å². The van der Waals surface area contributed by atoms with E-state index < -0.39 is 17.8 Å². The number of allylic oxidation sites excluding steroid dienone is 1. The molecule has 1 saturated heterocycles. The number of rotatable bonds is 6. The van der Waals surface area contributed by atoms with E-state index in [1.807, 2.05) is 38.1 Å². The minimum absolute atomic E-state index is 0.0613. The molecule has 1 aromatic carbocycles. The lowest BCUT2D eigenvalue weighted by Gasteiger charge is -2.41. The average Bonchev–Trinajstić information content (AvgIpc) is 3.24. The maximum Gasteiger partial charge on any atom is 0.336 e. The normalized spacial score (nSPS) is 27.1. The van der Waals surface area contributed by atoms with Gasteiger partial charge < -0.3 is 14.2 Å². The Kier molecular flexibility index (Phi) is 6.52. The second-order valence-corrected chi connectivity index (χ2v) is 9.75. The van der Waals surface area contributed by atoms with Crippen LogP contribution in [0.25, 0.3) is 0 Å². The molecular weight excluding hydrogens is 406 g/mol. The molecule has 2 aliphatic heterocycles. The van der Waals surface area contributed by atoms with Gasteiger partial charge in [-0.15, -0.1) is 0 Å². The van der Waals surface area contributed by atoms with Crippen LogP contribution in [0.2, 0.25) is 0 Å². The number of Topliss-reactive ketones (excluding diaryl/α,β-unsaturated/α-hetero) is 1. The van der Waals surface area contributed by atoms with Crippen LogP contribution in [0, 0.1) is 11.3 Å². The van der Waals surface area contributed by atoms with Crippen LogP contribution in [-0.2, 0) is 19.1 Å². The predicted molar refractivity (Wildman–Crippen MR) is 122 cm³/mol. The number of hydrogen-bond donors (Lipinski definition) is 0. The summed E-state index contributed by atoms with van der Waals surface area (Å²) in [6, 6.07) is 7.67. The molecule has 4 rings (SSSR count). The number of fused-ring (bicyclic) bond motifs is 1. The van der Waals surface area contributed by atoms with Crippen molar-refractivity contribution >= 4 is 17.5 Å². The lowest BCUT2D eigenvalue weighted by molar-refractivity contribution is -0.142. The molecule has 172 valence electrons. The van der Waals surface area contributed by atoms with Crippen molar-refractivity contribution in [3.05, 3.63) is 41.1 Å². The first-order valence-electron chi connectivity index (χ1n) is 11.6. The highest BCUT2D eigenvalue weighted by molar-refractivity contribution is 6.12. The number of ketones is 1.